The predicted octanol–water partition coefficient (Wildman–Crippen LogP) is 13.0. The van der Waals surface area contributed by atoms with E-state index in [4.69, 9.17) is 19.9 Å². The Balaban J connectivity index is 0.00000455. The van der Waals surface area contributed by atoms with Crippen LogP contribution < -0.4 is 9.97 Å². The third-order valence-electron chi connectivity index (χ3n) is 10.7. The molecule has 57 heavy (non-hydrogen) atoms. The number of aryl methyl sites for hydroxylation is 8. The van der Waals surface area contributed by atoms with Crippen LogP contribution in [0, 0.1) is 55.4 Å². The van der Waals surface area contributed by atoms with Gasteiger partial charge >= 0.3 is 17.1 Å². The minimum atomic E-state index is 0. The van der Waals surface area contributed by atoms with Gasteiger partial charge in [0.2, 0.25) is 0 Å². The molecule has 0 unspecified atom stereocenters. The van der Waals surface area contributed by atoms with Gasteiger partial charge in [0.15, 0.2) is 0 Å². The van der Waals surface area contributed by atoms with Crippen LogP contribution in [-0.2, 0) is 17.1 Å². The van der Waals surface area contributed by atoms with Crippen molar-refractivity contribution in [3.8, 4) is 44.5 Å². The largest absolute Gasteiger partial charge is 2.00 e. The van der Waals surface area contributed by atoms with Crippen molar-refractivity contribution in [3.05, 3.63) is 164 Å². The molecule has 8 bridgehead atoms. The summed E-state index contributed by atoms with van der Waals surface area (Å²) in [6.45, 7) is 17.2. The molecule has 0 spiro atoms. The normalized spacial score (nSPS) is 11.9. The molecule has 0 fully saturated rings. The third kappa shape index (κ3) is 7.26. The molecule has 1 radical (unpaired) electrons. The molecule has 0 saturated heterocycles. The van der Waals surface area contributed by atoms with Gasteiger partial charge in [0.05, 0.1) is 22.8 Å². The molecule has 0 atom stereocenters. The van der Waals surface area contributed by atoms with Crippen molar-refractivity contribution >= 4 is 46.4 Å². The molecule has 0 amide bonds. The molecule has 2 aliphatic heterocycles. The minimum Gasteiger partial charge on any atom is -0.657 e. The Morgan fingerprint density at radius 1 is 0.298 bits per heavy atom. The maximum Gasteiger partial charge on any atom is 2.00 e. The fraction of sp³-hybridized carbons (Fsp3) is 0.154. The van der Waals surface area contributed by atoms with Crippen LogP contribution in [0.15, 0.2) is 97.1 Å². The molecule has 7 aromatic rings. The van der Waals surface area contributed by atoms with Crippen LogP contribution in [0.1, 0.15) is 67.3 Å². The second kappa shape index (κ2) is 14.8. The van der Waals surface area contributed by atoms with Crippen LogP contribution in [-0.4, -0.2) is 9.97 Å². The van der Waals surface area contributed by atoms with Crippen molar-refractivity contribution in [2.24, 2.45) is 0 Å². The average Bonchev–Trinajstić information content (AvgIpc) is 3.94. The summed E-state index contributed by atoms with van der Waals surface area (Å²) in [7, 11) is 0. The zero-order chi connectivity index (χ0) is 38.8. The van der Waals surface area contributed by atoms with Crippen LogP contribution in [0.25, 0.3) is 90.9 Å². The van der Waals surface area contributed by atoms with Gasteiger partial charge in [-0.3, -0.25) is 0 Å². The van der Waals surface area contributed by atoms with Crippen molar-refractivity contribution in [2.75, 3.05) is 0 Å². The van der Waals surface area contributed by atoms with Gasteiger partial charge in [-0.05, 0) is 124 Å². The minimum absolute atomic E-state index is 0. The molecule has 3 aromatic heterocycles. The summed E-state index contributed by atoms with van der Waals surface area (Å²) in [6.07, 6.45) is 8.59. The summed E-state index contributed by atoms with van der Waals surface area (Å²) in [4.78, 5) is 21.9. The van der Waals surface area contributed by atoms with Gasteiger partial charge in [-0.25, -0.2) is 9.97 Å². The molecule has 9 rings (SSSR count). The Kier molecular flexibility index (Phi) is 9.85. The van der Waals surface area contributed by atoms with E-state index in [1.807, 2.05) is 0 Å². The van der Waals surface area contributed by atoms with E-state index in [0.717, 1.165) is 89.4 Å². The zero-order valence-electron chi connectivity index (χ0n) is 33.6. The first-order chi connectivity index (χ1) is 26.9. The molecule has 5 heterocycles. The summed E-state index contributed by atoms with van der Waals surface area (Å²) in [5.74, 6) is 0. The van der Waals surface area contributed by atoms with E-state index in [1.54, 1.807) is 0 Å². The SMILES string of the molecule is Cc1cc(C)cc(-c2c3nc(c(-c4cc(C)cc(C)c4)c4ccc([n-]4)c(-c4cc(C)cc(C)c4)c4nc(c(-c5cc(C)cc(C)c5)c5ccc2[n-]5)C=C4)C=C3)c1.[Cu+2]. The number of fused-ring (bicyclic) bond motifs is 8. The molecule has 4 nitrogen and oxygen atoms in total. The number of hydrogen-bond donors (Lipinski definition) is 0. The summed E-state index contributed by atoms with van der Waals surface area (Å²) < 4.78 is 0. The Morgan fingerprint density at radius 3 is 0.684 bits per heavy atom. The smallest absolute Gasteiger partial charge is 0.657 e. The van der Waals surface area contributed by atoms with Crippen LogP contribution in [0.2, 0.25) is 0 Å². The van der Waals surface area contributed by atoms with Gasteiger partial charge in [-0.1, -0.05) is 142 Å². The Hall–Kier alpha value is -6.00. The van der Waals surface area contributed by atoms with Gasteiger partial charge in [0.1, 0.15) is 0 Å². The molecular formula is C52H44CuN4. The van der Waals surface area contributed by atoms with E-state index in [2.05, 4.69) is 177 Å². The summed E-state index contributed by atoms with van der Waals surface area (Å²) in [5, 5.41) is 0. The fourth-order valence-electron chi connectivity index (χ4n) is 8.75. The van der Waals surface area contributed by atoms with Crippen molar-refractivity contribution in [1.29, 1.82) is 0 Å². The van der Waals surface area contributed by atoms with E-state index >= 15 is 0 Å². The summed E-state index contributed by atoms with van der Waals surface area (Å²) in [6, 6.07) is 35.4. The van der Waals surface area contributed by atoms with Crippen molar-refractivity contribution in [2.45, 2.75) is 55.4 Å². The van der Waals surface area contributed by atoms with Crippen LogP contribution in [0.3, 0.4) is 0 Å². The van der Waals surface area contributed by atoms with Crippen molar-refractivity contribution < 1.29 is 17.1 Å². The molecule has 0 saturated carbocycles. The number of nitrogens with zero attached hydrogens (tertiary/aromatic N) is 4. The second-order valence-electron chi connectivity index (χ2n) is 15.9. The maximum absolute atomic E-state index is 5.47. The standard InChI is InChI=1S/C52H44N4.Cu/c1-29-17-30(2)22-37(21-29)49-41-9-11-43(53-41)50(38-23-31(3)18-32(4)24-38)45-13-15-47(55-45)52(40-27-35(7)20-36(8)28-40)48-16-14-46(56-48)51(44-12-10-42(49)54-44)39-25-33(5)19-34(6)26-39;/h9-28H,1-8H3;/q-2;+2. The van der Waals surface area contributed by atoms with E-state index in [-0.39, 0.29) is 17.1 Å². The van der Waals surface area contributed by atoms with Gasteiger partial charge in [0, 0.05) is 0 Å². The quantitative estimate of drug-likeness (QED) is 0.167. The summed E-state index contributed by atoms with van der Waals surface area (Å²) in [5.41, 5.74) is 24.9. The fourth-order valence-corrected chi connectivity index (χ4v) is 8.75. The number of rotatable bonds is 4. The molecule has 283 valence electrons. The third-order valence-corrected chi connectivity index (χ3v) is 10.7. The Labute approximate surface area is 346 Å². The average molecular weight is 788 g/mol. The van der Waals surface area contributed by atoms with Gasteiger partial charge in [-0.15, -0.1) is 22.1 Å². The van der Waals surface area contributed by atoms with Crippen LogP contribution in [0.5, 0.6) is 0 Å². The van der Waals surface area contributed by atoms with Crippen LogP contribution in [0.4, 0.5) is 0 Å². The molecule has 0 N–H and O–H groups in total. The van der Waals surface area contributed by atoms with Crippen molar-refractivity contribution in [3.63, 3.8) is 0 Å². The van der Waals surface area contributed by atoms with Gasteiger partial charge < -0.3 is 9.97 Å². The molecule has 5 heteroatoms. The van der Waals surface area contributed by atoms with E-state index < -0.39 is 0 Å². The van der Waals surface area contributed by atoms with Gasteiger partial charge in [0.25, 0.3) is 0 Å². The number of hydrogen-bond acceptors (Lipinski definition) is 2. The predicted molar refractivity (Wildman–Crippen MR) is 236 cm³/mol. The Morgan fingerprint density at radius 2 is 0.491 bits per heavy atom. The second-order valence-corrected chi connectivity index (χ2v) is 15.9. The molecule has 4 aromatic carbocycles. The summed E-state index contributed by atoms with van der Waals surface area (Å²) >= 11 is 0. The first-order valence-electron chi connectivity index (χ1n) is 19.4. The number of benzene rings is 4. The van der Waals surface area contributed by atoms with E-state index in [0.29, 0.717) is 0 Å². The zero-order valence-corrected chi connectivity index (χ0v) is 34.6. The first-order valence-corrected chi connectivity index (χ1v) is 19.4. The Bertz CT molecular complexity index is 2530. The molecule has 2 aliphatic rings. The van der Waals surface area contributed by atoms with Crippen molar-refractivity contribution in [1.82, 2.24) is 19.9 Å². The monoisotopic (exact) mass is 787 g/mol. The molecule has 0 aliphatic carbocycles. The number of aromatic nitrogens is 4. The van der Waals surface area contributed by atoms with E-state index in [9.17, 15) is 0 Å². The first kappa shape index (κ1) is 37.9. The molecular weight excluding hydrogens is 744 g/mol. The van der Waals surface area contributed by atoms with E-state index in [1.165, 1.54) is 44.5 Å². The maximum atomic E-state index is 5.47. The van der Waals surface area contributed by atoms with Gasteiger partial charge in [-0.2, -0.15) is 0 Å². The van der Waals surface area contributed by atoms with Crippen LogP contribution >= 0.6 is 0 Å². The topological polar surface area (TPSA) is 54.0 Å².